The first-order valence-electron chi connectivity index (χ1n) is 9.46. The molecule has 0 aromatic carbocycles. The van der Waals surface area contributed by atoms with Crippen molar-refractivity contribution in [1.29, 1.82) is 0 Å². The zero-order valence-electron chi connectivity index (χ0n) is 15.5. The lowest BCUT2D eigenvalue weighted by atomic mass is 9.78. The standard InChI is InChI=1S/C19H21N7OS/c1-11-9-22-26-17(11)24-14-8-13(20-10-21-14)23-15-7-12-16(28-15)18(27)25-19(12)5-3-2-4-6-19/h7-10H,2-6H2,1H3,(H,25,27)(H3,20,21,22,23,24,26). The number of rotatable bonds is 4. The molecule has 0 unspecified atom stereocenters. The van der Waals surface area contributed by atoms with Gasteiger partial charge in [0.2, 0.25) is 0 Å². The fraction of sp³-hybridized carbons (Fsp3) is 0.368. The van der Waals surface area contributed by atoms with Crippen LogP contribution in [0.1, 0.15) is 52.9 Å². The number of hydrogen-bond donors (Lipinski definition) is 4. The number of H-pyrrole nitrogens is 1. The number of fused-ring (bicyclic) bond motifs is 2. The summed E-state index contributed by atoms with van der Waals surface area (Å²) in [7, 11) is 0. The van der Waals surface area contributed by atoms with Crippen molar-refractivity contribution in [3.05, 3.63) is 40.7 Å². The van der Waals surface area contributed by atoms with Gasteiger partial charge in [0.1, 0.15) is 23.8 Å². The van der Waals surface area contributed by atoms with E-state index in [9.17, 15) is 4.79 Å². The Labute approximate surface area is 166 Å². The van der Waals surface area contributed by atoms with E-state index in [1.807, 2.05) is 13.0 Å². The largest absolute Gasteiger partial charge is 0.342 e. The lowest BCUT2D eigenvalue weighted by Gasteiger charge is -2.33. The Hall–Kier alpha value is -2.94. The highest BCUT2D eigenvalue weighted by Crippen LogP contribution is 2.47. The molecule has 0 bridgehead atoms. The van der Waals surface area contributed by atoms with Crippen LogP contribution in [0.25, 0.3) is 0 Å². The summed E-state index contributed by atoms with van der Waals surface area (Å²) in [6, 6.07) is 3.94. The van der Waals surface area contributed by atoms with Gasteiger partial charge in [-0.05, 0) is 25.8 Å². The molecule has 2 aliphatic rings. The number of aromatic amines is 1. The lowest BCUT2D eigenvalue weighted by molar-refractivity contribution is 0.0912. The van der Waals surface area contributed by atoms with Crippen LogP contribution >= 0.6 is 11.3 Å². The summed E-state index contributed by atoms with van der Waals surface area (Å²) in [4.78, 5) is 21.9. The van der Waals surface area contributed by atoms with Crippen molar-refractivity contribution < 1.29 is 4.79 Å². The van der Waals surface area contributed by atoms with Crippen molar-refractivity contribution in [3.8, 4) is 0 Å². The van der Waals surface area contributed by atoms with Crippen LogP contribution in [0.5, 0.6) is 0 Å². The minimum absolute atomic E-state index is 0.0507. The second kappa shape index (κ2) is 6.59. The van der Waals surface area contributed by atoms with Crippen molar-refractivity contribution in [1.82, 2.24) is 25.5 Å². The van der Waals surface area contributed by atoms with Crippen LogP contribution in [0, 0.1) is 6.92 Å². The van der Waals surface area contributed by atoms with Crippen molar-refractivity contribution in [2.24, 2.45) is 0 Å². The lowest BCUT2D eigenvalue weighted by Crippen LogP contribution is -2.40. The molecular formula is C19H21N7OS. The number of carbonyl (C=O) groups is 1. The van der Waals surface area contributed by atoms with E-state index in [-0.39, 0.29) is 11.4 Å². The number of thiophene rings is 1. The maximum Gasteiger partial charge on any atom is 0.262 e. The summed E-state index contributed by atoms with van der Waals surface area (Å²) in [6.07, 6.45) is 8.86. The molecule has 5 rings (SSSR count). The second-order valence-corrected chi connectivity index (χ2v) is 8.47. The van der Waals surface area contributed by atoms with Gasteiger partial charge in [-0.1, -0.05) is 19.3 Å². The van der Waals surface area contributed by atoms with Crippen molar-refractivity contribution in [2.45, 2.75) is 44.6 Å². The third-order valence-corrected chi connectivity index (χ3v) is 6.56. The quantitative estimate of drug-likeness (QED) is 0.533. The summed E-state index contributed by atoms with van der Waals surface area (Å²) >= 11 is 1.49. The molecule has 144 valence electrons. The van der Waals surface area contributed by atoms with Gasteiger partial charge in [-0.15, -0.1) is 11.3 Å². The molecule has 0 saturated heterocycles. The minimum Gasteiger partial charge on any atom is -0.342 e. The van der Waals surface area contributed by atoms with Crippen molar-refractivity contribution in [2.75, 3.05) is 10.6 Å². The first kappa shape index (κ1) is 17.2. The number of nitrogens with one attached hydrogen (secondary N) is 4. The average Bonchev–Trinajstić information content (AvgIpc) is 3.35. The van der Waals surface area contributed by atoms with E-state index in [4.69, 9.17) is 0 Å². The Kier molecular flexibility index (Phi) is 4.04. The molecule has 1 fully saturated rings. The van der Waals surface area contributed by atoms with Crippen LogP contribution in [-0.2, 0) is 5.54 Å². The third kappa shape index (κ3) is 2.91. The molecule has 1 aliphatic heterocycles. The molecule has 1 amide bonds. The molecule has 9 heteroatoms. The Morgan fingerprint density at radius 2 is 1.89 bits per heavy atom. The Bertz CT molecular complexity index is 1030. The van der Waals surface area contributed by atoms with Gasteiger partial charge in [0.05, 0.1) is 21.6 Å². The van der Waals surface area contributed by atoms with E-state index >= 15 is 0 Å². The molecular weight excluding hydrogens is 374 g/mol. The van der Waals surface area contributed by atoms with Crippen molar-refractivity contribution in [3.63, 3.8) is 0 Å². The van der Waals surface area contributed by atoms with Gasteiger partial charge >= 0.3 is 0 Å². The SMILES string of the molecule is Cc1cn[nH]c1Nc1cc(Nc2cc3c(s2)C(=O)NC32CCCCC2)ncn1. The van der Waals surface area contributed by atoms with Crippen molar-refractivity contribution >= 4 is 39.7 Å². The molecule has 1 saturated carbocycles. The molecule has 3 aromatic heterocycles. The van der Waals surface area contributed by atoms with Crippen LogP contribution in [-0.4, -0.2) is 26.1 Å². The minimum atomic E-state index is -0.169. The van der Waals surface area contributed by atoms with Gasteiger partial charge in [-0.25, -0.2) is 9.97 Å². The number of aromatic nitrogens is 4. The van der Waals surface area contributed by atoms with Crippen LogP contribution in [0.15, 0.2) is 24.7 Å². The predicted molar refractivity (Wildman–Crippen MR) is 108 cm³/mol. The molecule has 4 heterocycles. The van der Waals surface area contributed by atoms with E-state index < -0.39 is 0 Å². The summed E-state index contributed by atoms with van der Waals surface area (Å²) in [5.74, 6) is 2.19. The van der Waals surface area contributed by atoms with Crippen LogP contribution in [0.4, 0.5) is 22.5 Å². The third-order valence-electron chi connectivity index (χ3n) is 5.51. The summed E-state index contributed by atoms with van der Waals surface area (Å²) < 4.78 is 0. The van der Waals surface area contributed by atoms with E-state index in [0.717, 1.165) is 52.5 Å². The average molecular weight is 395 g/mol. The van der Waals surface area contributed by atoms with Gasteiger partial charge in [0, 0.05) is 17.2 Å². The highest BCUT2D eigenvalue weighted by molar-refractivity contribution is 7.18. The first-order chi connectivity index (χ1) is 13.6. The monoisotopic (exact) mass is 395 g/mol. The number of hydrogen-bond acceptors (Lipinski definition) is 7. The number of nitrogens with zero attached hydrogens (tertiary/aromatic N) is 3. The fourth-order valence-electron chi connectivity index (χ4n) is 4.09. The summed E-state index contributed by atoms with van der Waals surface area (Å²) in [6.45, 7) is 1.96. The number of aryl methyl sites for hydroxylation is 1. The van der Waals surface area contributed by atoms with E-state index in [2.05, 4.69) is 42.2 Å². The number of anilines is 4. The molecule has 8 nitrogen and oxygen atoms in total. The van der Waals surface area contributed by atoms with E-state index in [1.165, 1.54) is 24.1 Å². The molecule has 4 N–H and O–H groups in total. The highest BCUT2D eigenvalue weighted by atomic mass is 32.1. The Balaban J connectivity index is 1.38. The van der Waals surface area contributed by atoms with Crippen LogP contribution < -0.4 is 16.0 Å². The maximum absolute atomic E-state index is 12.5. The van der Waals surface area contributed by atoms with Gasteiger partial charge < -0.3 is 16.0 Å². The van der Waals surface area contributed by atoms with Crippen LogP contribution in [0.3, 0.4) is 0 Å². The topological polar surface area (TPSA) is 108 Å². The van der Waals surface area contributed by atoms with Gasteiger partial charge in [-0.3, -0.25) is 9.89 Å². The molecule has 3 aromatic rings. The van der Waals surface area contributed by atoms with E-state index in [1.54, 1.807) is 6.20 Å². The number of amides is 1. The second-order valence-electron chi connectivity index (χ2n) is 7.42. The zero-order chi connectivity index (χ0) is 19.1. The first-order valence-corrected chi connectivity index (χ1v) is 10.3. The summed E-state index contributed by atoms with van der Waals surface area (Å²) in [5.41, 5.74) is 1.98. The fourth-order valence-corrected chi connectivity index (χ4v) is 5.15. The van der Waals surface area contributed by atoms with Crippen LogP contribution in [0.2, 0.25) is 0 Å². The molecule has 0 atom stereocenters. The predicted octanol–water partition coefficient (Wildman–Crippen LogP) is 3.96. The van der Waals surface area contributed by atoms with Gasteiger partial charge in [0.15, 0.2) is 0 Å². The maximum atomic E-state index is 12.5. The molecule has 1 aliphatic carbocycles. The smallest absolute Gasteiger partial charge is 0.262 e. The van der Waals surface area contributed by atoms with E-state index in [0.29, 0.717) is 11.6 Å². The number of carbonyl (C=O) groups excluding carboxylic acids is 1. The normalized spacial score (nSPS) is 17.4. The molecule has 28 heavy (non-hydrogen) atoms. The zero-order valence-corrected chi connectivity index (χ0v) is 16.3. The van der Waals surface area contributed by atoms with Gasteiger partial charge in [-0.2, -0.15) is 5.10 Å². The molecule has 0 radical (unpaired) electrons. The molecule has 1 spiro atoms. The Morgan fingerprint density at radius 1 is 1.11 bits per heavy atom. The summed E-state index contributed by atoms with van der Waals surface area (Å²) in [5, 5.41) is 17.6. The van der Waals surface area contributed by atoms with Gasteiger partial charge in [0.25, 0.3) is 5.91 Å². The highest BCUT2D eigenvalue weighted by Gasteiger charge is 2.44. The Morgan fingerprint density at radius 3 is 2.64 bits per heavy atom.